The summed E-state index contributed by atoms with van der Waals surface area (Å²) in [4.78, 5) is 12.8. The van der Waals surface area contributed by atoms with Gasteiger partial charge in [-0.2, -0.15) is 0 Å². The molecular weight excluding hydrogens is 456 g/mol. The van der Waals surface area contributed by atoms with E-state index in [1.807, 2.05) is 6.92 Å². The Morgan fingerprint density at radius 1 is 0.889 bits per heavy atom. The van der Waals surface area contributed by atoms with Gasteiger partial charge in [0.05, 0.1) is 24.7 Å². The number of carbonyl (C=O) groups is 1. The molecule has 36 heavy (non-hydrogen) atoms. The molecular formula is C30H48O6. The van der Waals surface area contributed by atoms with Crippen molar-refractivity contribution >= 4 is 5.97 Å². The van der Waals surface area contributed by atoms with Crippen molar-refractivity contribution in [2.45, 2.75) is 98.0 Å². The molecule has 10 atom stereocenters. The largest absolute Gasteiger partial charge is 0.481 e. The van der Waals surface area contributed by atoms with Crippen LogP contribution in [0, 0.1) is 50.2 Å². The molecule has 0 aromatic heterocycles. The van der Waals surface area contributed by atoms with Gasteiger partial charge in [-0.3, -0.25) is 4.79 Å². The molecule has 0 bridgehead atoms. The van der Waals surface area contributed by atoms with Gasteiger partial charge in [-0.05, 0) is 98.2 Å². The lowest BCUT2D eigenvalue weighted by molar-refractivity contribution is -0.224. The van der Waals surface area contributed by atoms with Crippen LogP contribution in [0.4, 0.5) is 0 Å². The highest BCUT2D eigenvalue weighted by atomic mass is 16.4. The zero-order valence-electron chi connectivity index (χ0n) is 22.7. The maximum atomic E-state index is 12.8. The van der Waals surface area contributed by atoms with Crippen LogP contribution in [0.25, 0.3) is 0 Å². The molecule has 4 saturated carbocycles. The molecule has 0 saturated heterocycles. The lowest BCUT2D eigenvalue weighted by atomic mass is 9.33. The molecule has 6 heteroatoms. The van der Waals surface area contributed by atoms with Gasteiger partial charge >= 0.3 is 5.97 Å². The zero-order chi connectivity index (χ0) is 26.4. The Bertz CT molecular complexity index is 948. The minimum atomic E-state index is -0.812. The molecule has 0 aromatic carbocycles. The minimum absolute atomic E-state index is 0.0208. The Balaban J connectivity index is 1.62. The quantitative estimate of drug-likeness (QED) is 0.367. The summed E-state index contributed by atoms with van der Waals surface area (Å²) in [6.07, 6.45) is 9.24. The van der Waals surface area contributed by atoms with E-state index in [1.54, 1.807) is 0 Å². The third kappa shape index (κ3) is 3.08. The third-order valence-electron chi connectivity index (χ3n) is 13.4. The highest BCUT2D eigenvalue weighted by Gasteiger charge is 2.70. The average molecular weight is 505 g/mol. The first-order valence-corrected chi connectivity index (χ1v) is 14.3. The van der Waals surface area contributed by atoms with Crippen LogP contribution >= 0.6 is 0 Å². The van der Waals surface area contributed by atoms with Gasteiger partial charge in [0.2, 0.25) is 0 Å². The maximum absolute atomic E-state index is 12.8. The van der Waals surface area contributed by atoms with Crippen molar-refractivity contribution in [2.24, 2.45) is 50.2 Å². The van der Waals surface area contributed by atoms with Crippen LogP contribution in [0.5, 0.6) is 0 Å². The number of aliphatic carboxylic acids is 1. The van der Waals surface area contributed by atoms with Crippen molar-refractivity contribution < 1.29 is 30.3 Å². The van der Waals surface area contributed by atoms with Gasteiger partial charge in [0.25, 0.3) is 0 Å². The molecule has 4 fully saturated rings. The van der Waals surface area contributed by atoms with Crippen LogP contribution in [0.2, 0.25) is 0 Å². The second kappa shape index (κ2) is 8.27. The lowest BCUT2D eigenvalue weighted by Crippen LogP contribution is -2.67. The van der Waals surface area contributed by atoms with E-state index >= 15 is 0 Å². The Kier molecular flexibility index (Phi) is 6.12. The molecule has 5 aliphatic rings. The van der Waals surface area contributed by atoms with Crippen LogP contribution in [-0.2, 0) is 4.79 Å². The number of hydrogen-bond acceptors (Lipinski definition) is 5. The third-order valence-corrected chi connectivity index (χ3v) is 13.4. The van der Waals surface area contributed by atoms with Gasteiger partial charge in [-0.1, -0.05) is 39.3 Å². The Morgan fingerprint density at radius 2 is 1.58 bits per heavy atom. The number of rotatable bonds is 4. The first-order chi connectivity index (χ1) is 16.8. The molecule has 0 radical (unpaired) electrons. The zero-order valence-corrected chi connectivity index (χ0v) is 22.7. The van der Waals surface area contributed by atoms with E-state index in [0.29, 0.717) is 44.4 Å². The summed E-state index contributed by atoms with van der Waals surface area (Å²) >= 11 is 0. The molecule has 0 amide bonds. The van der Waals surface area contributed by atoms with Crippen molar-refractivity contribution in [3.63, 3.8) is 0 Å². The van der Waals surface area contributed by atoms with Gasteiger partial charge in [-0.15, -0.1) is 0 Å². The number of aliphatic hydroxyl groups excluding tert-OH is 4. The van der Waals surface area contributed by atoms with Crippen LogP contribution in [0.3, 0.4) is 0 Å². The second-order valence-corrected chi connectivity index (χ2v) is 14.6. The molecule has 5 aliphatic carbocycles. The molecule has 0 spiro atoms. The fourth-order valence-corrected chi connectivity index (χ4v) is 10.8. The molecule has 204 valence electrons. The maximum Gasteiger partial charge on any atom is 0.310 e. The molecule has 10 unspecified atom stereocenters. The van der Waals surface area contributed by atoms with E-state index in [2.05, 4.69) is 26.8 Å². The van der Waals surface area contributed by atoms with E-state index in [9.17, 15) is 30.3 Å². The van der Waals surface area contributed by atoms with Crippen molar-refractivity contribution in [3.8, 4) is 0 Å². The number of hydrogen-bond donors (Lipinski definition) is 5. The summed E-state index contributed by atoms with van der Waals surface area (Å²) in [6.45, 7) is 8.90. The van der Waals surface area contributed by atoms with Crippen LogP contribution in [0.1, 0.15) is 91.9 Å². The van der Waals surface area contributed by atoms with Crippen LogP contribution in [0.15, 0.2) is 11.6 Å². The molecule has 0 aromatic rings. The van der Waals surface area contributed by atoms with Crippen molar-refractivity contribution in [3.05, 3.63) is 11.6 Å². The van der Waals surface area contributed by atoms with Crippen molar-refractivity contribution in [1.82, 2.24) is 0 Å². The number of allylic oxidation sites excluding steroid dienone is 1. The molecule has 5 rings (SSSR count). The van der Waals surface area contributed by atoms with E-state index < -0.39 is 28.3 Å². The predicted octanol–water partition coefficient (Wildman–Crippen LogP) is 4.15. The minimum Gasteiger partial charge on any atom is -0.481 e. The fourth-order valence-electron chi connectivity index (χ4n) is 10.8. The Hall–Kier alpha value is -0.950. The Labute approximate surface area is 216 Å². The number of carboxylic acid groups (broad SMARTS) is 1. The first-order valence-electron chi connectivity index (χ1n) is 14.3. The summed E-state index contributed by atoms with van der Waals surface area (Å²) < 4.78 is 0. The van der Waals surface area contributed by atoms with Crippen LogP contribution in [-0.4, -0.2) is 57.4 Å². The second-order valence-electron chi connectivity index (χ2n) is 14.6. The van der Waals surface area contributed by atoms with E-state index in [-0.39, 0.29) is 47.9 Å². The molecule has 6 nitrogen and oxygen atoms in total. The average Bonchev–Trinajstić information content (AvgIpc) is 2.86. The normalized spacial score (nSPS) is 54.4. The van der Waals surface area contributed by atoms with E-state index in [4.69, 9.17) is 0 Å². The number of aliphatic hydroxyl groups is 4. The number of fused-ring (bicyclic) bond motifs is 7. The SMILES string of the molecule is CC1(CO)CCC2(C(=O)O)CCC3(CO)C(=CCC4C5(C)CCC(O)C(C)(CO)C5CCC43C)C2C1. The summed E-state index contributed by atoms with van der Waals surface area (Å²) in [5.41, 5.74) is -1.20. The van der Waals surface area contributed by atoms with Gasteiger partial charge in [0, 0.05) is 17.4 Å². The Morgan fingerprint density at radius 3 is 2.19 bits per heavy atom. The van der Waals surface area contributed by atoms with Gasteiger partial charge in [0.1, 0.15) is 0 Å². The van der Waals surface area contributed by atoms with Crippen LogP contribution < -0.4 is 0 Å². The highest BCUT2D eigenvalue weighted by Crippen LogP contribution is 2.75. The van der Waals surface area contributed by atoms with Gasteiger partial charge in [-0.25, -0.2) is 0 Å². The topological polar surface area (TPSA) is 118 Å². The molecule has 0 heterocycles. The lowest BCUT2D eigenvalue weighted by Gasteiger charge is -2.71. The van der Waals surface area contributed by atoms with E-state index in [0.717, 1.165) is 31.3 Å². The number of carboxylic acids is 1. The van der Waals surface area contributed by atoms with Crippen molar-refractivity contribution in [1.29, 1.82) is 0 Å². The van der Waals surface area contributed by atoms with Gasteiger partial charge in [0.15, 0.2) is 0 Å². The highest BCUT2D eigenvalue weighted by molar-refractivity contribution is 5.76. The van der Waals surface area contributed by atoms with E-state index in [1.165, 1.54) is 0 Å². The summed E-state index contributed by atoms with van der Waals surface area (Å²) in [7, 11) is 0. The van der Waals surface area contributed by atoms with Crippen molar-refractivity contribution in [2.75, 3.05) is 19.8 Å². The molecule has 0 aliphatic heterocycles. The smallest absolute Gasteiger partial charge is 0.310 e. The standard InChI is InChI=1S/C30H48O6/c1-25(16-31)11-12-29(24(35)36)13-14-30(18-33)19(20(29)15-25)5-6-22-26(2)9-8-23(34)27(3,17-32)21(26)7-10-28(22,30)4/h5,20-23,31-34H,6-18H2,1-4H3,(H,35,36). The molecule has 5 N–H and O–H groups in total. The summed E-state index contributed by atoms with van der Waals surface area (Å²) in [5, 5.41) is 53.3. The fraction of sp³-hybridized carbons (Fsp3) is 0.900. The van der Waals surface area contributed by atoms with Gasteiger partial charge < -0.3 is 25.5 Å². The monoisotopic (exact) mass is 504 g/mol. The summed E-state index contributed by atoms with van der Waals surface area (Å²) in [6, 6.07) is 0. The predicted molar refractivity (Wildman–Crippen MR) is 137 cm³/mol. The summed E-state index contributed by atoms with van der Waals surface area (Å²) in [5.74, 6) is -0.386. The first kappa shape index (κ1) is 26.6.